The van der Waals surface area contributed by atoms with Gasteiger partial charge in [-0.2, -0.15) is 0 Å². The minimum atomic E-state index is -3.29. The number of thiophene rings is 1. The topological polar surface area (TPSA) is 87.3 Å². The van der Waals surface area contributed by atoms with Crippen molar-refractivity contribution in [3.63, 3.8) is 0 Å². The van der Waals surface area contributed by atoms with Gasteiger partial charge in [-0.15, -0.1) is 11.3 Å². The highest BCUT2D eigenvalue weighted by atomic mass is 32.2. The zero-order valence-corrected chi connectivity index (χ0v) is 13.6. The monoisotopic (exact) mass is 339 g/mol. The van der Waals surface area contributed by atoms with Crippen LogP contribution in [0.3, 0.4) is 0 Å². The molecule has 1 aromatic heterocycles. The van der Waals surface area contributed by atoms with Crippen LogP contribution in [0.4, 0.5) is 16.2 Å². The summed E-state index contributed by atoms with van der Waals surface area (Å²) in [6.45, 7) is 2.04. The molecule has 0 aliphatic heterocycles. The molecule has 0 aliphatic carbocycles. The molecule has 0 saturated carbocycles. The second-order valence-electron chi connectivity index (χ2n) is 4.47. The molecular formula is C14H17N3O3S2. The lowest BCUT2D eigenvalue weighted by Crippen LogP contribution is -2.27. The molecule has 0 unspecified atom stereocenters. The number of amides is 2. The van der Waals surface area contributed by atoms with Crippen LogP contribution in [-0.4, -0.2) is 20.2 Å². The Hall–Kier alpha value is -2.06. The average Bonchev–Trinajstić information content (AvgIpc) is 3.00. The zero-order chi connectivity index (χ0) is 16.0. The molecule has 0 saturated heterocycles. The number of hydrogen-bond acceptors (Lipinski definition) is 4. The Morgan fingerprint density at radius 1 is 1.14 bits per heavy atom. The van der Waals surface area contributed by atoms with Crippen LogP contribution in [0.25, 0.3) is 0 Å². The van der Waals surface area contributed by atoms with Gasteiger partial charge in [-0.25, -0.2) is 13.2 Å². The predicted octanol–water partition coefficient (Wildman–Crippen LogP) is 2.83. The number of urea groups is 1. The van der Waals surface area contributed by atoms with Gasteiger partial charge in [-0.1, -0.05) is 6.07 Å². The molecule has 8 heteroatoms. The first-order chi connectivity index (χ1) is 10.5. The summed E-state index contributed by atoms with van der Waals surface area (Å²) >= 11 is 1.57. The number of carbonyl (C=O) groups excluding carboxylic acids is 1. The third-order valence-corrected chi connectivity index (χ3v) is 4.98. The molecule has 22 heavy (non-hydrogen) atoms. The van der Waals surface area contributed by atoms with E-state index in [-0.39, 0.29) is 11.8 Å². The van der Waals surface area contributed by atoms with Gasteiger partial charge in [0.05, 0.1) is 12.3 Å². The summed E-state index contributed by atoms with van der Waals surface area (Å²) in [4.78, 5) is 12.8. The fraction of sp³-hybridized carbons (Fsp3) is 0.214. The fourth-order valence-electron chi connectivity index (χ4n) is 1.63. The van der Waals surface area contributed by atoms with Crippen molar-refractivity contribution in [2.24, 2.45) is 0 Å². The second kappa shape index (κ2) is 7.28. The SMILES string of the molecule is CCS(=O)(=O)Nc1ccc(NC(=O)NCc2cccs2)cc1. The molecule has 0 atom stereocenters. The average molecular weight is 339 g/mol. The van der Waals surface area contributed by atoms with Crippen LogP contribution >= 0.6 is 11.3 Å². The maximum Gasteiger partial charge on any atom is 0.319 e. The number of sulfonamides is 1. The first-order valence-electron chi connectivity index (χ1n) is 6.66. The van der Waals surface area contributed by atoms with E-state index in [0.29, 0.717) is 17.9 Å². The lowest BCUT2D eigenvalue weighted by Gasteiger charge is -2.09. The van der Waals surface area contributed by atoms with Crippen molar-refractivity contribution in [3.8, 4) is 0 Å². The fourth-order valence-corrected chi connectivity index (χ4v) is 2.91. The summed E-state index contributed by atoms with van der Waals surface area (Å²) in [5, 5.41) is 7.38. The Morgan fingerprint density at radius 3 is 2.41 bits per heavy atom. The molecule has 0 bridgehead atoms. The number of anilines is 2. The summed E-state index contributed by atoms with van der Waals surface area (Å²) in [6.07, 6.45) is 0. The highest BCUT2D eigenvalue weighted by molar-refractivity contribution is 7.92. The third kappa shape index (κ3) is 5.05. The van der Waals surface area contributed by atoms with Crippen molar-refractivity contribution in [1.82, 2.24) is 5.32 Å². The maximum absolute atomic E-state index is 11.7. The van der Waals surface area contributed by atoms with Crippen molar-refractivity contribution in [1.29, 1.82) is 0 Å². The lowest BCUT2D eigenvalue weighted by atomic mass is 10.3. The van der Waals surface area contributed by atoms with Gasteiger partial charge in [0.25, 0.3) is 0 Å². The minimum Gasteiger partial charge on any atom is -0.333 e. The predicted molar refractivity (Wildman–Crippen MR) is 89.7 cm³/mol. The van der Waals surface area contributed by atoms with Gasteiger partial charge in [0.1, 0.15) is 0 Å². The maximum atomic E-state index is 11.7. The second-order valence-corrected chi connectivity index (χ2v) is 7.51. The van der Waals surface area contributed by atoms with Gasteiger partial charge < -0.3 is 10.6 Å². The van der Waals surface area contributed by atoms with Crippen LogP contribution < -0.4 is 15.4 Å². The normalized spacial score (nSPS) is 11.0. The van der Waals surface area contributed by atoms with Crippen molar-refractivity contribution in [2.75, 3.05) is 15.8 Å². The Kier molecular flexibility index (Phi) is 5.40. The van der Waals surface area contributed by atoms with Crippen LogP contribution in [0.1, 0.15) is 11.8 Å². The number of rotatable bonds is 6. The molecule has 3 N–H and O–H groups in total. The molecule has 0 spiro atoms. The van der Waals surface area contributed by atoms with E-state index in [0.717, 1.165) is 4.88 Å². The van der Waals surface area contributed by atoms with Crippen LogP contribution in [0.2, 0.25) is 0 Å². The Bertz CT molecular complexity index is 710. The van der Waals surface area contributed by atoms with E-state index >= 15 is 0 Å². The van der Waals surface area contributed by atoms with E-state index in [1.165, 1.54) is 0 Å². The summed E-state index contributed by atoms with van der Waals surface area (Å²) in [6, 6.07) is 10.0. The quantitative estimate of drug-likeness (QED) is 0.756. The smallest absolute Gasteiger partial charge is 0.319 e. The molecule has 1 aromatic carbocycles. The number of hydrogen-bond donors (Lipinski definition) is 3. The molecule has 2 aromatic rings. The molecule has 0 aliphatic rings. The Morgan fingerprint density at radius 2 is 1.82 bits per heavy atom. The highest BCUT2D eigenvalue weighted by Gasteiger charge is 2.07. The molecule has 0 fully saturated rings. The zero-order valence-electron chi connectivity index (χ0n) is 12.0. The van der Waals surface area contributed by atoms with E-state index in [1.54, 1.807) is 42.5 Å². The van der Waals surface area contributed by atoms with Crippen molar-refractivity contribution >= 4 is 38.8 Å². The molecule has 0 radical (unpaired) electrons. The highest BCUT2D eigenvalue weighted by Crippen LogP contribution is 2.15. The van der Waals surface area contributed by atoms with Gasteiger partial charge in [0, 0.05) is 16.3 Å². The number of carbonyl (C=O) groups is 1. The number of benzene rings is 1. The lowest BCUT2D eigenvalue weighted by molar-refractivity contribution is 0.252. The van der Waals surface area contributed by atoms with E-state index < -0.39 is 10.0 Å². The van der Waals surface area contributed by atoms with Gasteiger partial charge in [-0.05, 0) is 42.6 Å². The van der Waals surface area contributed by atoms with E-state index in [1.807, 2.05) is 17.5 Å². The van der Waals surface area contributed by atoms with Crippen molar-refractivity contribution < 1.29 is 13.2 Å². The first-order valence-corrected chi connectivity index (χ1v) is 9.19. The molecule has 2 amide bonds. The van der Waals surface area contributed by atoms with E-state index in [4.69, 9.17) is 0 Å². The summed E-state index contributed by atoms with van der Waals surface area (Å²) < 4.78 is 25.3. The van der Waals surface area contributed by atoms with Gasteiger partial charge in [0.15, 0.2) is 0 Å². The largest absolute Gasteiger partial charge is 0.333 e. The molecule has 118 valence electrons. The van der Waals surface area contributed by atoms with Crippen molar-refractivity contribution in [3.05, 3.63) is 46.7 Å². The summed E-state index contributed by atoms with van der Waals surface area (Å²) in [5.74, 6) is 0.0120. The molecule has 1 heterocycles. The van der Waals surface area contributed by atoms with Gasteiger partial charge in [0.2, 0.25) is 10.0 Å². The van der Waals surface area contributed by atoms with E-state index in [2.05, 4.69) is 15.4 Å². The third-order valence-electron chi connectivity index (χ3n) is 2.80. The molecule has 6 nitrogen and oxygen atoms in total. The van der Waals surface area contributed by atoms with Crippen LogP contribution in [0.15, 0.2) is 41.8 Å². The Balaban J connectivity index is 1.86. The van der Waals surface area contributed by atoms with Crippen LogP contribution in [-0.2, 0) is 16.6 Å². The molecule has 2 rings (SSSR count). The molecular weight excluding hydrogens is 322 g/mol. The number of nitrogens with one attached hydrogen (secondary N) is 3. The van der Waals surface area contributed by atoms with Gasteiger partial charge in [-0.3, -0.25) is 4.72 Å². The minimum absolute atomic E-state index is 0.0120. The Labute approximate surface area is 133 Å². The van der Waals surface area contributed by atoms with Gasteiger partial charge >= 0.3 is 6.03 Å². The summed E-state index contributed by atoms with van der Waals surface area (Å²) in [7, 11) is -3.29. The summed E-state index contributed by atoms with van der Waals surface area (Å²) in [5.41, 5.74) is 1.05. The first kappa shape index (κ1) is 16.3. The van der Waals surface area contributed by atoms with Crippen LogP contribution in [0, 0.1) is 0 Å². The van der Waals surface area contributed by atoms with E-state index in [9.17, 15) is 13.2 Å². The van der Waals surface area contributed by atoms with Crippen LogP contribution in [0.5, 0.6) is 0 Å². The van der Waals surface area contributed by atoms with Crippen molar-refractivity contribution in [2.45, 2.75) is 13.5 Å². The standard InChI is InChI=1S/C14H17N3O3S2/c1-2-22(19,20)17-12-7-5-11(6-8-12)16-14(18)15-10-13-4-3-9-21-13/h3-9,17H,2,10H2,1H3,(H2,15,16,18).